The lowest BCUT2D eigenvalue weighted by atomic mass is 10.0. The van der Waals surface area contributed by atoms with Crippen LogP contribution in [0, 0.1) is 20.2 Å². The Morgan fingerprint density at radius 3 is 1.43 bits per heavy atom. The van der Waals surface area contributed by atoms with Crippen molar-refractivity contribution >= 4 is 35.4 Å². The molecular formula is C32H44N6O11. The molecule has 0 saturated carbocycles. The fourth-order valence-corrected chi connectivity index (χ4v) is 4.30. The molecule has 0 aliphatic carbocycles. The summed E-state index contributed by atoms with van der Waals surface area (Å²) in [4.78, 5) is 72.4. The van der Waals surface area contributed by atoms with Gasteiger partial charge in [-0.15, -0.1) is 0 Å². The van der Waals surface area contributed by atoms with Gasteiger partial charge in [-0.05, 0) is 59.1 Å². The molecule has 0 spiro atoms. The lowest BCUT2D eigenvalue weighted by Gasteiger charge is -2.25. The van der Waals surface area contributed by atoms with Crippen LogP contribution in [0.4, 0.5) is 21.0 Å². The van der Waals surface area contributed by atoms with E-state index in [9.17, 15) is 44.5 Å². The molecule has 2 aromatic carbocycles. The molecule has 0 aliphatic rings. The Morgan fingerprint density at radius 2 is 1.08 bits per heavy atom. The van der Waals surface area contributed by atoms with Gasteiger partial charge in [-0.25, -0.2) is 9.59 Å². The Labute approximate surface area is 283 Å². The van der Waals surface area contributed by atoms with Gasteiger partial charge in [0.1, 0.15) is 23.3 Å². The summed E-state index contributed by atoms with van der Waals surface area (Å²) >= 11 is 0. The van der Waals surface area contributed by atoms with Crippen LogP contribution in [0.1, 0.15) is 59.1 Å². The first-order valence-electron chi connectivity index (χ1n) is 15.4. The second-order valence-corrected chi connectivity index (χ2v) is 13.1. The number of carbonyl (C=O) groups is 4. The van der Waals surface area contributed by atoms with E-state index in [2.05, 4.69) is 21.3 Å². The molecule has 5 N–H and O–H groups in total. The average Bonchev–Trinajstić information content (AvgIpc) is 2.98. The number of amides is 4. The third kappa shape index (κ3) is 15.0. The lowest BCUT2D eigenvalue weighted by molar-refractivity contribution is -0.385. The van der Waals surface area contributed by atoms with Gasteiger partial charge >= 0.3 is 12.2 Å². The number of non-ortho nitro benzene ring substituents is 2. The predicted molar refractivity (Wildman–Crippen MR) is 177 cm³/mol. The number of ether oxygens (including phenoxy) is 2. The number of nitro benzene ring substituents is 2. The SMILES string of the molecule is CC(C)(C)OC(=O)N[C@@H](Cc1ccc([N+](=O)[O-])cc1)C(=O)NCCC(CO)NC(=O)[C@H](Cc1ccc([N+](=O)[O-])cc1)NC(=O)OC(C)(C)C. The molecule has 3 atom stereocenters. The highest BCUT2D eigenvalue weighted by Crippen LogP contribution is 2.16. The molecule has 1 unspecified atom stereocenters. The maximum atomic E-state index is 13.3. The molecule has 0 aliphatic heterocycles. The Morgan fingerprint density at radius 1 is 0.694 bits per heavy atom. The monoisotopic (exact) mass is 688 g/mol. The van der Waals surface area contributed by atoms with Gasteiger partial charge in [-0.3, -0.25) is 29.8 Å². The van der Waals surface area contributed by atoms with Gasteiger partial charge in [0.25, 0.3) is 11.4 Å². The molecule has 0 saturated heterocycles. The number of nitrogens with zero attached hydrogens (tertiary/aromatic N) is 2. The third-order valence-corrected chi connectivity index (χ3v) is 6.55. The van der Waals surface area contributed by atoms with Gasteiger partial charge in [-0.2, -0.15) is 0 Å². The summed E-state index contributed by atoms with van der Waals surface area (Å²) in [5, 5.41) is 42.3. The molecular weight excluding hydrogens is 644 g/mol. The quantitative estimate of drug-likeness (QED) is 0.134. The summed E-state index contributed by atoms with van der Waals surface area (Å²) in [5.74, 6) is -1.30. The molecule has 0 aromatic heterocycles. The zero-order valence-corrected chi connectivity index (χ0v) is 28.3. The average molecular weight is 689 g/mol. The number of benzene rings is 2. The topological polar surface area (TPSA) is 241 Å². The Balaban J connectivity index is 2.11. The number of hydrogen-bond donors (Lipinski definition) is 5. The third-order valence-electron chi connectivity index (χ3n) is 6.55. The highest BCUT2D eigenvalue weighted by atomic mass is 16.6. The van der Waals surface area contributed by atoms with Gasteiger partial charge in [0.05, 0.1) is 22.5 Å². The van der Waals surface area contributed by atoms with E-state index in [0.29, 0.717) is 11.1 Å². The van der Waals surface area contributed by atoms with Crippen molar-refractivity contribution in [3.8, 4) is 0 Å². The molecule has 0 heterocycles. The molecule has 2 rings (SSSR count). The van der Waals surface area contributed by atoms with Crippen LogP contribution in [0.3, 0.4) is 0 Å². The highest BCUT2D eigenvalue weighted by Gasteiger charge is 2.28. The smallest absolute Gasteiger partial charge is 0.408 e. The van der Waals surface area contributed by atoms with Crippen molar-refractivity contribution in [2.45, 2.75) is 90.1 Å². The number of nitrogens with one attached hydrogen (secondary N) is 4. The number of rotatable bonds is 15. The standard InChI is InChI=1S/C32H44N6O11/c1-31(2,3)48-29(42)35-25(17-20-7-11-23(12-8-20)37(44)45)27(40)33-16-15-22(19-39)34-28(41)26(36-30(43)49-32(4,5)6)18-21-9-13-24(14-10-21)38(46)47/h7-14,22,25-26,39H,15-19H2,1-6H3,(H,33,40)(H,34,41)(H,35,42)(H,36,43)/t22?,25-,26-/m0/s1. The van der Waals surface area contributed by atoms with Crippen LogP contribution >= 0.6 is 0 Å². The molecule has 0 fully saturated rings. The molecule has 49 heavy (non-hydrogen) atoms. The van der Waals surface area contributed by atoms with E-state index in [4.69, 9.17) is 9.47 Å². The summed E-state index contributed by atoms with van der Waals surface area (Å²) in [6.07, 6.45) is -1.77. The first-order chi connectivity index (χ1) is 22.8. The van der Waals surface area contributed by atoms with Crippen LogP contribution in [-0.4, -0.2) is 81.4 Å². The Kier molecular flexibility index (Phi) is 14.4. The Bertz CT molecular complexity index is 1470. The zero-order valence-electron chi connectivity index (χ0n) is 28.3. The number of nitro groups is 2. The van der Waals surface area contributed by atoms with Crippen LogP contribution in [0.2, 0.25) is 0 Å². The van der Waals surface area contributed by atoms with Crippen molar-refractivity contribution < 1.29 is 43.6 Å². The van der Waals surface area contributed by atoms with Gasteiger partial charge in [-0.1, -0.05) is 24.3 Å². The highest BCUT2D eigenvalue weighted by molar-refractivity contribution is 5.87. The summed E-state index contributed by atoms with van der Waals surface area (Å²) in [5.41, 5.74) is -0.967. The van der Waals surface area contributed by atoms with E-state index in [1.165, 1.54) is 48.5 Å². The molecule has 17 heteroatoms. The van der Waals surface area contributed by atoms with Gasteiger partial charge in [0.2, 0.25) is 11.8 Å². The predicted octanol–water partition coefficient (Wildman–Crippen LogP) is 3.06. The van der Waals surface area contributed by atoms with Crippen molar-refractivity contribution in [3.63, 3.8) is 0 Å². The summed E-state index contributed by atoms with van der Waals surface area (Å²) < 4.78 is 10.6. The van der Waals surface area contributed by atoms with E-state index in [1.54, 1.807) is 41.5 Å². The lowest BCUT2D eigenvalue weighted by Crippen LogP contribution is -2.53. The number of carbonyl (C=O) groups excluding carboxylic acids is 4. The van der Waals surface area contributed by atoms with Crippen molar-refractivity contribution in [1.82, 2.24) is 21.3 Å². The first kappa shape index (κ1) is 39.9. The van der Waals surface area contributed by atoms with E-state index in [-0.39, 0.29) is 37.2 Å². The van der Waals surface area contributed by atoms with Gasteiger partial charge in [0, 0.05) is 43.7 Å². The molecule has 2 aromatic rings. The van der Waals surface area contributed by atoms with Crippen molar-refractivity contribution in [3.05, 3.63) is 79.9 Å². The number of alkyl carbamates (subject to hydrolysis) is 2. The molecule has 0 radical (unpaired) electrons. The number of hydrogen-bond acceptors (Lipinski definition) is 11. The summed E-state index contributed by atoms with van der Waals surface area (Å²) in [6, 6.07) is 7.71. The van der Waals surface area contributed by atoms with E-state index >= 15 is 0 Å². The molecule has 17 nitrogen and oxygen atoms in total. The van der Waals surface area contributed by atoms with Gasteiger partial charge < -0.3 is 35.8 Å². The molecule has 0 bridgehead atoms. The maximum absolute atomic E-state index is 13.3. The zero-order chi connectivity index (χ0) is 36.9. The van der Waals surface area contributed by atoms with Gasteiger partial charge in [0.15, 0.2) is 0 Å². The number of aliphatic hydroxyl groups excluding tert-OH is 1. The van der Waals surface area contributed by atoms with Crippen LogP contribution in [-0.2, 0) is 31.9 Å². The van der Waals surface area contributed by atoms with Crippen molar-refractivity contribution in [2.24, 2.45) is 0 Å². The minimum atomic E-state index is -1.19. The molecule has 268 valence electrons. The molecule has 4 amide bonds. The fourth-order valence-electron chi connectivity index (χ4n) is 4.30. The first-order valence-corrected chi connectivity index (χ1v) is 15.4. The largest absolute Gasteiger partial charge is 0.444 e. The maximum Gasteiger partial charge on any atom is 0.408 e. The van der Waals surface area contributed by atoms with Crippen LogP contribution in [0.25, 0.3) is 0 Å². The second-order valence-electron chi connectivity index (χ2n) is 13.1. The van der Waals surface area contributed by atoms with E-state index < -0.39 is 69.8 Å². The minimum absolute atomic E-state index is 0.0239. The van der Waals surface area contributed by atoms with E-state index in [1.807, 2.05) is 0 Å². The fraction of sp³-hybridized carbons (Fsp3) is 0.500. The number of aliphatic hydroxyl groups is 1. The van der Waals surface area contributed by atoms with Crippen LogP contribution in [0.5, 0.6) is 0 Å². The summed E-state index contributed by atoms with van der Waals surface area (Å²) in [6.45, 7) is 9.32. The van der Waals surface area contributed by atoms with E-state index in [0.717, 1.165) is 0 Å². The van der Waals surface area contributed by atoms with Crippen molar-refractivity contribution in [2.75, 3.05) is 13.2 Å². The minimum Gasteiger partial charge on any atom is -0.444 e. The van der Waals surface area contributed by atoms with Crippen LogP contribution in [0.15, 0.2) is 48.5 Å². The Hall–Kier alpha value is -5.32. The normalized spacial score (nSPS) is 13.2. The second kappa shape index (κ2) is 17.7. The van der Waals surface area contributed by atoms with Crippen LogP contribution < -0.4 is 21.3 Å². The summed E-state index contributed by atoms with van der Waals surface area (Å²) in [7, 11) is 0. The van der Waals surface area contributed by atoms with Crippen molar-refractivity contribution in [1.29, 1.82) is 0 Å².